The van der Waals surface area contributed by atoms with E-state index >= 15 is 0 Å². The molecule has 0 bridgehead atoms. The smallest absolute Gasteiger partial charge is 0.145 e. The number of rotatable bonds is 6. The van der Waals surface area contributed by atoms with E-state index in [0.717, 1.165) is 22.4 Å². The van der Waals surface area contributed by atoms with Crippen molar-refractivity contribution in [3.05, 3.63) is 108 Å². The minimum Gasteiger partial charge on any atom is -0.292 e. The highest BCUT2D eigenvalue weighted by molar-refractivity contribution is 5.88. The minimum atomic E-state index is 0.384. The van der Waals surface area contributed by atoms with Gasteiger partial charge in [0.25, 0.3) is 0 Å². The normalized spacial score (nSPS) is 11.8. The van der Waals surface area contributed by atoms with E-state index in [1.165, 1.54) is 33.5 Å². The third kappa shape index (κ3) is 4.37. The molecular weight excluding hydrogens is 436 g/mol. The van der Waals surface area contributed by atoms with Crippen LogP contribution in [0.2, 0.25) is 0 Å². The van der Waals surface area contributed by atoms with Crippen LogP contribution in [-0.4, -0.2) is 9.55 Å². The Hall–Kier alpha value is -3.65. The fraction of sp³-hybridized carbons (Fsp3) is 0.265. The summed E-state index contributed by atoms with van der Waals surface area (Å²) in [5, 5.41) is 0. The van der Waals surface area contributed by atoms with Crippen molar-refractivity contribution in [2.75, 3.05) is 0 Å². The Balaban J connectivity index is 1.91. The van der Waals surface area contributed by atoms with Gasteiger partial charge >= 0.3 is 0 Å². The van der Waals surface area contributed by atoms with Crippen LogP contribution in [0.15, 0.2) is 91.0 Å². The van der Waals surface area contributed by atoms with Gasteiger partial charge in [-0.25, -0.2) is 4.98 Å². The van der Waals surface area contributed by atoms with Crippen LogP contribution < -0.4 is 0 Å². The summed E-state index contributed by atoms with van der Waals surface area (Å²) in [5.74, 6) is 2.24. The molecule has 4 aromatic carbocycles. The summed E-state index contributed by atoms with van der Waals surface area (Å²) in [5.41, 5.74) is 11.2. The van der Waals surface area contributed by atoms with Crippen LogP contribution in [0.25, 0.3) is 39.2 Å². The summed E-state index contributed by atoms with van der Waals surface area (Å²) < 4.78 is 2.44. The molecule has 2 heteroatoms. The molecule has 0 saturated heterocycles. The zero-order valence-electron chi connectivity index (χ0n) is 22.3. The minimum absolute atomic E-state index is 0.384. The monoisotopic (exact) mass is 472 g/mol. The molecule has 0 saturated carbocycles. The number of fused-ring (bicyclic) bond motifs is 1. The van der Waals surface area contributed by atoms with E-state index in [0.29, 0.717) is 17.8 Å². The van der Waals surface area contributed by atoms with Crippen LogP contribution in [-0.2, 0) is 0 Å². The Morgan fingerprint density at radius 2 is 1.11 bits per heavy atom. The number of benzene rings is 4. The van der Waals surface area contributed by atoms with Crippen molar-refractivity contribution < 1.29 is 0 Å². The number of hydrogen-bond donors (Lipinski definition) is 0. The second kappa shape index (κ2) is 9.78. The van der Waals surface area contributed by atoms with Crippen molar-refractivity contribution in [3.8, 4) is 28.2 Å². The van der Waals surface area contributed by atoms with E-state index in [4.69, 9.17) is 4.98 Å². The number of aromatic nitrogens is 2. The Morgan fingerprint density at radius 1 is 0.556 bits per heavy atom. The summed E-state index contributed by atoms with van der Waals surface area (Å²) >= 11 is 0. The van der Waals surface area contributed by atoms with Gasteiger partial charge in [-0.2, -0.15) is 0 Å². The highest BCUT2D eigenvalue weighted by atomic mass is 15.1. The van der Waals surface area contributed by atoms with Crippen LogP contribution in [0.5, 0.6) is 0 Å². The molecule has 182 valence electrons. The van der Waals surface area contributed by atoms with Gasteiger partial charge in [0.1, 0.15) is 5.82 Å². The molecule has 5 rings (SSSR count). The number of hydrogen-bond acceptors (Lipinski definition) is 1. The van der Waals surface area contributed by atoms with E-state index < -0.39 is 0 Å². The molecule has 1 aromatic heterocycles. The summed E-state index contributed by atoms with van der Waals surface area (Å²) in [6.07, 6.45) is 0. The van der Waals surface area contributed by atoms with Crippen molar-refractivity contribution in [2.24, 2.45) is 0 Å². The predicted octanol–water partition coefficient (Wildman–Crippen LogP) is 9.73. The summed E-state index contributed by atoms with van der Waals surface area (Å²) in [4.78, 5) is 5.22. The maximum atomic E-state index is 5.22. The average Bonchev–Trinajstić information content (AvgIpc) is 3.27. The highest BCUT2D eigenvalue weighted by Crippen LogP contribution is 2.40. The molecule has 5 aromatic rings. The molecule has 0 aliphatic heterocycles. The van der Waals surface area contributed by atoms with Crippen LogP contribution in [0.1, 0.15) is 76.0 Å². The zero-order chi connectivity index (χ0) is 25.4. The largest absolute Gasteiger partial charge is 0.292 e. The van der Waals surface area contributed by atoms with Crippen LogP contribution in [0.3, 0.4) is 0 Å². The molecule has 0 fully saturated rings. The van der Waals surface area contributed by atoms with Gasteiger partial charge in [0.05, 0.1) is 16.7 Å². The fourth-order valence-electron chi connectivity index (χ4n) is 5.07. The lowest BCUT2D eigenvalue weighted by Crippen LogP contribution is -2.10. The molecule has 1 heterocycles. The lowest BCUT2D eigenvalue weighted by molar-refractivity contribution is 0.788. The lowest BCUT2D eigenvalue weighted by atomic mass is 9.87. The van der Waals surface area contributed by atoms with Gasteiger partial charge in [-0.3, -0.25) is 4.57 Å². The fourth-order valence-corrected chi connectivity index (χ4v) is 5.07. The van der Waals surface area contributed by atoms with Gasteiger partial charge in [-0.05, 0) is 57.7 Å². The molecule has 0 N–H and O–H groups in total. The molecule has 0 radical (unpaired) electrons. The SMILES string of the molecule is CC(C)c1cc(C(C)C)c(-n2c(-c3ccccc3)nc3ccc(-c4ccccc4)cc32)c(C(C)C)c1. The first kappa shape index (κ1) is 24.1. The number of imidazole rings is 1. The molecule has 0 atom stereocenters. The zero-order valence-corrected chi connectivity index (χ0v) is 22.3. The van der Waals surface area contributed by atoms with Crippen molar-refractivity contribution in [1.82, 2.24) is 9.55 Å². The predicted molar refractivity (Wildman–Crippen MR) is 154 cm³/mol. The van der Waals surface area contributed by atoms with E-state index in [-0.39, 0.29) is 0 Å². The molecule has 36 heavy (non-hydrogen) atoms. The second-order valence-corrected chi connectivity index (χ2v) is 10.7. The van der Waals surface area contributed by atoms with Crippen LogP contribution in [0, 0.1) is 0 Å². The quantitative estimate of drug-likeness (QED) is 0.240. The van der Waals surface area contributed by atoms with Gasteiger partial charge in [-0.1, -0.05) is 120 Å². The van der Waals surface area contributed by atoms with Gasteiger partial charge in [0, 0.05) is 5.56 Å². The first-order valence-corrected chi connectivity index (χ1v) is 13.2. The Labute approximate surface area is 215 Å². The van der Waals surface area contributed by atoms with E-state index in [2.05, 4.69) is 137 Å². The van der Waals surface area contributed by atoms with Gasteiger partial charge < -0.3 is 0 Å². The van der Waals surface area contributed by atoms with Crippen molar-refractivity contribution in [1.29, 1.82) is 0 Å². The third-order valence-electron chi connectivity index (χ3n) is 7.12. The first-order valence-electron chi connectivity index (χ1n) is 13.2. The number of nitrogens with zero attached hydrogens (tertiary/aromatic N) is 2. The van der Waals surface area contributed by atoms with Crippen molar-refractivity contribution in [2.45, 2.75) is 59.3 Å². The van der Waals surface area contributed by atoms with E-state index in [1.807, 2.05) is 0 Å². The Kier molecular flexibility index (Phi) is 6.53. The molecule has 0 amide bonds. The average molecular weight is 473 g/mol. The van der Waals surface area contributed by atoms with Crippen molar-refractivity contribution >= 4 is 11.0 Å². The summed E-state index contributed by atoms with van der Waals surface area (Å²) in [6, 6.07) is 32.8. The molecule has 0 spiro atoms. The van der Waals surface area contributed by atoms with Crippen LogP contribution >= 0.6 is 0 Å². The van der Waals surface area contributed by atoms with Crippen molar-refractivity contribution in [3.63, 3.8) is 0 Å². The topological polar surface area (TPSA) is 17.8 Å². The maximum absolute atomic E-state index is 5.22. The molecule has 2 nitrogen and oxygen atoms in total. The molecule has 0 aliphatic rings. The Bertz CT molecular complexity index is 1460. The standard InChI is InChI=1S/C34H36N2/c1-22(2)28-19-29(23(3)4)33(30(20-28)24(5)6)36-32-21-27(25-13-9-7-10-14-25)17-18-31(32)35-34(36)26-15-11-8-12-16-26/h7-24H,1-6H3. The van der Waals surface area contributed by atoms with Gasteiger partial charge in [-0.15, -0.1) is 0 Å². The van der Waals surface area contributed by atoms with E-state index in [1.54, 1.807) is 0 Å². The molecule has 0 aliphatic carbocycles. The first-order chi connectivity index (χ1) is 17.3. The summed E-state index contributed by atoms with van der Waals surface area (Å²) in [6.45, 7) is 13.8. The van der Waals surface area contributed by atoms with E-state index in [9.17, 15) is 0 Å². The lowest BCUT2D eigenvalue weighted by Gasteiger charge is -2.25. The molecule has 0 unspecified atom stereocenters. The summed E-state index contributed by atoms with van der Waals surface area (Å²) in [7, 11) is 0. The highest BCUT2D eigenvalue weighted by Gasteiger charge is 2.24. The second-order valence-electron chi connectivity index (χ2n) is 10.7. The van der Waals surface area contributed by atoms with Gasteiger partial charge in [0.2, 0.25) is 0 Å². The Morgan fingerprint density at radius 3 is 1.64 bits per heavy atom. The van der Waals surface area contributed by atoms with Crippen LogP contribution in [0.4, 0.5) is 0 Å². The maximum Gasteiger partial charge on any atom is 0.145 e. The third-order valence-corrected chi connectivity index (χ3v) is 7.12. The molecular formula is C34H36N2. The van der Waals surface area contributed by atoms with Gasteiger partial charge in [0.15, 0.2) is 0 Å².